The van der Waals surface area contributed by atoms with Crippen LogP contribution >= 0.6 is 0 Å². The first-order chi connectivity index (χ1) is 16.3. The molecule has 2 aromatic heterocycles. The number of aryl methyl sites for hydroxylation is 4. The lowest BCUT2D eigenvalue weighted by molar-refractivity contribution is -0.142. The smallest absolute Gasteiger partial charge is 0.340 e. The molecule has 174 valence electrons. The monoisotopic (exact) mass is 459 g/mol. The molecule has 0 saturated carbocycles. The third-order valence-electron chi connectivity index (χ3n) is 6.75. The van der Waals surface area contributed by atoms with E-state index in [0.717, 1.165) is 53.4 Å². The minimum atomic E-state index is -1.21. The molecule has 0 bridgehead atoms. The van der Waals surface area contributed by atoms with Crippen LogP contribution < -0.4 is 10.9 Å². The van der Waals surface area contributed by atoms with Gasteiger partial charge < -0.3 is 19.3 Å². The Hall–Kier alpha value is -3.87. The van der Waals surface area contributed by atoms with Crippen LogP contribution in [0.4, 0.5) is 0 Å². The van der Waals surface area contributed by atoms with Gasteiger partial charge in [0, 0.05) is 28.3 Å². The van der Waals surface area contributed by atoms with E-state index in [1.807, 2.05) is 13.0 Å². The maximum absolute atomic E-state index is 12.9. The lowest BCUT2D eigenvalue weighted by Gasteiger charge is -2.15. The zero-order valence-corrected chi connectivity index (χ0v) is 19.1. The van der Waals surface area contributed by atoms with Gasteiger partial charge in [0.15, 0.2) is 6.04 Å². The minimum Gasteiger partial charge on any atom is -0.479 e. The summed E-state index contributed by atoms with van der Waals surface area (Å²) in [6.07, 6.45) is 3.79. The Labute approximate surface area is 195 Å². The van der Waals surface area contributed by atoms with Gasteiger partial charge >= 0.3 is 11.6 Å². The number of carboxylic acid groups (broad SMARTS) is 1. The van der Waals surface area contributed by atoms with Crippen molar-refractivity contribution in [3.8, 4) is 0 Å². The molecule has 0 spiro atoms. The van der Waals surface area contributed by atoms with Gasteiger partial charge in [-0.25, -0.2) is 9.59 Å². The molecule has 34 heavy (non-hydrogen) atoms. The van der Waals surface area contributed by atoms with E-state index in [2.05, 4.69) is 5.32 Å². The summed E-state index contributed by atoms with van der Waals surface area (Å²) in [7, 11) is 0. The molecule has 0 aliphatic heterocycles. The summed E-state index contributed by atoms with van der Waals surface area (Å²) in [5, 5.41) is 13.9. The molecule has 1 amide bonds. The highest BCUT2D eigenvalue weighted by atomic mass is 16.4. The van der Waals surface area contributed by atoms with Gasteiger partial charge in [-0.3, -0.25) is 4.79 Å². The Kier molecular flexibility index (Phi) is 5.48. The van der Waals surface area contributed by atoms with Crippen LogP contribution in [-0.2, 0) is 28.9 Å². The maximum Gasteiger partial charge on any atom is 0.340 e. The van der Waals surface area contributed by atoms with Crippen LogP contribution in [0.2, 0.25) is 0 Å². The average Bonchev–Trinajstić information content (AvgIpc) is 3.20. The number of hydrogen-bond acceptors (Lipinski definition) is 5. The summed E-state index contributed by atoms with van der Waals surface area (Å²) in [5.41, 5.74) is 3.91. The fraction of sp³-hybridized carbons (Fsp3) is 0.296. The second-order valence-corrected chi connectivity index (χ2v) is 8.89. The van der Waals surface area contributed by atoms with E-state index >= 15 is 0 Å². The van der Waals surface area contributed by atoms with Crippen LogP contribution in [-0.4, -0.2) is 17.0 Å². The maximum atomic E-state index is 12.9. The number of hydrogen-bond donors (Lipinski definition) is 2. The van der Waals surface area contributed by atoms with E-state index in [1.54, 1.807) is 37.3 Å². The van der Waals surface area contributed by atoms with E-state index in [9.17, 15) is 19.5 Å². The Morgan fingerprint density at radius 2 is 1.71 bits per heavy atom. The molecular weight excluding hydrogens is 434 g/mol. The number of fused-ring (bicyclic) bond motifs is 4. The van der Waals surface area contributed by atoms with Crippen molar-refractivity contribution in [2.45, 2.75) is 52.0 Å². The first kappa shape index (κ1) is 21.9. The van der Waals surface area contributed by atoms with Crippen molar-refractivity contribution < 1.29 is 23.5 Å². The average molecular weight is 459 g/mol. The summed E-state index contributed by atoms with van der Waals surface area (Å²) in [6.45, 7) is 3.68. The molecule has 7 nitrogen and oxygen atoms in total. The summed E-state index contributed by atoms with van der Waals surface area (Å²) < 4.78 is 11.8. The number of carbonyl (C=O) groups excluding carboxylic acids is 1. The Balaban J connectivity index is 1.53. The number of rotatable bonds is 5. The molecule has 1 aliphatic carbocycles. The van der Waals surface area contributed by atoms with Gasteiger partial charge in [-0.15, -0.1) is 0 Å². The summed E-state index contributed by atoms with van der Waals surface area (Å²) in [5.74, 6) is -0.742. The van der Waals surface area contributed by atoms with Crippen LogP contribution in [0.1, 0.15) is 52.5 Å². The number of benzene rings is 2. The van der Waals surface area contributed by atoms with E-state index in [4.69, 9.17) is 8.83 Å². The summed E-state index contributed by atoms with van der Waals surface area (Å²) in [6, 6.07) is 9.23. The second kappa shape index (κ2) is 8.48. The first-order valence-corrected chi connectivity index (χ1v) is 11.4. The number of furan rings is 1. The topological polar surface area (TPSA) is 110 Å². The summed E-state index contributed by atoms with van der Waals surface area (Å²) in [4.78, 5) is 37.4. The number of carbonyl (C=O) groups is 2. The van der Waals surface area contributed by atoms with Crippen molar-refractivity contribution in [2.75, 3.05) is 0 Å². The molecule has 1 aliphatic rings. The Bertz CT molecular complexity index is 1500. The zero-order chi connectivity index (χ0) is 24.0. The van der Waals surface area contributed by atoms with E-state index in [-0.39, 0.29) is 12.0 Å². The van der Waals surface area contributed by atoms with E-state index in [0.29, 0.717) is 16.7 Å². The van der Waals surface area contributed by atoms with Crippen LogP contribution in [0.15, 0.2) is 50.0 Å². The van der Waals surface area contributed by atoms with E-state index in [1.165, 1.54) is 5.56 Å². The van der Waals surface area contributed by atoms with Crippen LogP contribution in [0.3, 0.4) is 0 Å². The van der Waals surface area contributed by atoms with Crippen LogP contribution in [0, 0.1) is 13.8 Å². The summed E-state index contributed by atoms with van der Waals surface area (Å²) >= 11 is 0. The van der Waals surface area contributed by atoms with Crippen molar-refractivity contribution in [2.24, 2.45) is 0 Å². The third-order valence-corrected chi connectivity index (χ3v) is 6.75. The van der Waals surface area contributed by atoms with Gasteiger partial charge in [-0.2, -0.15) is 0 Å². The van der Waals surface area contributed by atoms with Crippen molar-refractivity contribution in [1.29, 1.82) is 0 Å². The molecule has 2 N–H and O–H groups in total. The number of carboxylic acids is 1. The Morgan fingerprint density at radius 1 is 1.00 bits per heavy atom. The predicted molar refractivity (Wildman–Crippen MR) is 127 cm³/mol. The van der Waals surface area contributed by atoms with Gasteiger partial charge in [0.1, 0.15) is 16.9 Å². The molecule has 0 radical (unpaired) electrons. The standard InChI is InChI=1S/C27H25NO6/c1-14-18-12-20-17-10-6-7-11-21(17)33-25(20)15(2)24(18)34-27(32)19(14)13-22(29)28-23(26(30)31)16-8-4-3-5-9-16/h3-5,8-9,12,23H,6-7,10-11,13H2,1-2H3,(H,28,29)(H,30,31)/t23-/m1/s1. The molecule has 2 aromatic carbocycles. The highest BCUT2D eigenvalue weighted by Crippen LogP contribution is 2.37. The SMILES string of the molecule is Cc1c(CC(=O)N[C@@H](C(=O)O)c2ccccc2)c(=O)oc2c(C)c3oc4c(c3cc12)CCCC4. The van der Waals surface area contributed by atoms with E-state index < -0.39 is 23.5 Å². The molecule has 0 saturated heterocycles. The van der Waals surface area contributed by atoms with Gasteiger partial charge in [0.25, 0.3) is 0 Å². The normalized spacial score (nSPS) is 14.2. The van der Waals surface area contributed by atoms with Crippen molar-refractivity contribution >= 4 is 33.8 Å². The van der Waals surface area contributed by atoms with Gasteiger partial charge in [-0.1, -0.05) is 30.3 Å². The molecular formula is C27H25NO6. The lowest BCUT2D eigenvalue weighted by atomic mass is 9.93. The zero-order valence-electron chi connectivity index (χ0n) is 19.1. The van der Waals surface area contributed by atoms with Crippen LogP contribution in [0.25, 0.3) is 21.9 Å². The van der Waals surface area contributed by atoms with Crippen LogP contribution in [0.5, 0.6) is 0 Å². The minimum absolute atomic E-state index is 0.221. The van der Waals surface area contributed by atoms with Gasteiger partial charge in [-0.05, 0) is 50.3 Å². The van der Waals surface area contributed by atoms with Crippen molar-refractivity contribution in [3.05, 3.63) is 80.4 Å². The van der Waals surface area contributed by atoms with Gasteiger partial charge in [0.05, 0.1) is 12.0 Å². The largest absolute Gasteiger partial charge is 0.479 e. The molecule has 4 aromatic rings. The van der Waals surface area contributed by atoms with Gasteiger partial charge in [0.2, 0.25) is 5.91 Å². The first-order valence-electron chi connectivity index (χ1n) is 11.4. The third kappa shape index (κ3) is 3.67. The predicted octanol–water partition coefficient (Wildman–Crippen LogP) is 4.52. The molecule has 5 rings (SSSR count). The quantitative estimate of drug-likeness (QED) is 0.425. The molecule has 7 heteroatoms. The highest BCUT2D eigenvalue weighted by Gasteiger charge is 2.25. The Morgan fingerprint density at radius 3 is 2.44 bits per heavy atom. The second-order valence-electron chi connectivity index (χ2n) is 8.89. The molecule has 0 fully saturated rings. The van der Waals surface area contributed by atoms with Crippen molar-refractivity contribution in [3.63, 3.8) is 0 Å². The number of nitrogens with one attached hydrogen (secondary N) is 1. The number of aliphatic carboxylic acids is 1. The highest BCUT2D eigenvalue weighted by molar-refractivity contribution is 6.00. The fourth-order valence-electron chi connectivity index (χ4n) is 4.93. The fourth-order valence-corrected chi connectivity index (χ4v) is 4.93. The number of amides is 1. The lowest BCUT2D eigenvalue weighted by Crippen LogP contribution is -2.35. The molecule has 0 unspecified atom stereocenters. The molecule has 2 heterocycles. The molecule has 1 atom stereocenters. The van der Waals surface area contributed by atoms with Crippen molar-refractivity contribution in [1.82, 2.24) is 5.32 Å².